The average Bonchev–Trinajstić information content (AvgIpc) is 2.46. The normalized spacial score (nSPS) is 13.9. The number of halogens is 1. The summed E-state index contributed by atoms with van der Waals surface area (Å²) in [7, 11) is 1.48. The summed E-state index contributed by atoms with van der Waals surface area (Å²) in [6.07, 6.45) is 2.40. The molecule has 3 nitrogen and oxygen atoms in total. The zero-order chi connectivity index (χ0) is 13.8. The first-order valence-electron chi connectivity index (χ1n) is 6.05. The molecular formula is C15H16FNO2. The molecule has 0 saturated heterocycles. The first kappa shape index (κ1) is 13.5. The highest BCUT2D eigenvalue weighted by Gasteiger charge is 2.21. The smallest absolute Gasteiger partial charge is 0.132 e. The molecule has 0 spiro atoms. The zero-order valence-electron chi connectivity index (χ0n) is 10.9. The number of rotatable bonds is 4. The molecule has 0 saturated carbocycles. The SMILES string of the molecule is COc1ccc(C(O)C(C)c2ccncc2)c(F)c1. The van der Waals surface area contributed by atoms with Gasteiger partial charge < -0.3 is 9.84 Å². The molecule has 19 heavy (non-hydrogen) atoms. The van der Waals surface area contributed by atoms with E-state index in [0.29, 0.717) is 5.75 Å². The molecule has 0 aliphatic carbocycles. The molecule has 0 fully saturated rings. The number of hydrogen-bond donors (Lipinski definition) is 1. The van der Waals surface area contributed by atoms with E-state index in [1.165, 1.54) is 13.2 Å². The van der Waals surface area contributed by atoms with Crippen molar-refractivity contribution in [1.82, 2.24) is 4.98 Å². The van der Waals surface area contributed by atoms with Crippen LogP contribution in [0.5, 0.6) is 5.75 Å². The molecule has 2 rings (SSSR count). The molecule has 100 valence electrons. The van der Waals surface area contributed by atoms with Gasteiger partial charge in [-0.2, -0.15) is 0 Å². The highest BCUT2D eigenvalue weighted by molar-refractivity contribution is 5.32. The van der Waals surface area contributed by atoms with Gasteiger partial charge in [-0.1, -0.05) is 6.92 Å². The third-order valence-corrected chi connectivity index (χ3v) is 3.23. The topological polar surface area (TPSA) is 42.4 Å². The highest BCUT2D eigenvalue weighted by atomic mass is 19.1. The fourth-order valence-electron chi connectivity index (χ4n) is 1.99. The zero-order valence-corrected chi connectivity index (χ0v) is 10.9. The van der Waals surface area contributed by atoms with Gasteiger partial charge in [0.1, 0.15) is 11.6 Å². The quantitative estimate of drug-likeness (QED) is 0.919. The lowest BCUT2D eigenvalue weighted by molar-refractivity contribution is 0.147. The molecule has 2 unspecified atom stereocenters. The Kier molecular flexibility index (Phi) is 4.12. The van der Waals surface area contributed by atoms with Crippen LogP contribution in [0.15, 0.2) is 42.7 Å². The average molecular weight is 261 g/mol. The van der Waals surface area contributed by atoms with Crippen LogP contribution in [0.3, 0.4) is 0 Å². The fraction of sp³-hybridized carbons (Fsp3) is 0.267. The van der Waals surface area contributed by atoms with Crippen molar-refractivity contribution < 1.29 is 14.2 Å². The molecule has 0 aliphatic heterocycles. The number of hydrogen-bond acceptors (Lipinski definition) is 3. The van der Waals surface area contributed by atoms with E-state index in [1.807, 2.05) is 19.1 Å². The lowest BCUT2D eigenvalue weighted by Crippen LogP contribution is -2.09. The van der Waals surface area contributed by atoms with E-state index in [1.54, 1.807) is 24.5 Å². The van der Waals surface area contributed by atoms with E-state index in [4.69, 9.17) is 4.74 Å². The molecule has 1 aromatic heterocycles. The molecule has 1 aromatic carbocycles. The van der Waals surface area contributed by atoms with E-state index in [2.05, 4.69) is 4.98 Å². The number of aliphatic hydroxyl groups is 1. The summed E-state index contributed by atoms with van der Waals surface area (Å²) in [6, 6.07) is 8.10. The molecular weight excluding hydrogens is 245 g/mol. The second-order valence-electron chi connectivity index (χ2n) is 4.40. The van der Waals surface area contributed by atoms with Crippen molar-refractivity contribution in [2.45, 2.75) is 18.9 Å². The van der Waals surface area contributed by atoms with Crippen LogP contribution < -0.4 is 4.74 Å². The Balaban J connectivity index is 2.26. The summed E-state index contributed by atoms with van der Waals surface area (Å²) >= 11 is 0. The maximum Gasteiger partial charge on any atom is 0.132 e. The molecule has 0 bridgehead atoms. The predicted octanol–water partition coefficient (Wildman–Crippen LogP) is 3.07. The van der Waals surface area contributed by atoms with Crippen molar-refractivity contribution in [3.05, 3.63) is 59.7 Å². The van der Waals surface area contributed by atoms with Gasteiger partial charge in [-0.3, -0.25) is 4.98 Å². The summed E-state index contributed by atoms with van der Waals surface area (Å²) in [5, 5.41) is 10.3. The van der Waals surface area contributed by atoms with Crippen molar-refractivity contribution in [2.75, 3.05) is 7.11 Å². The van der Waals surface area contributed by atoms with E-state index in [9.17, 15) is 9.50 Å². The molecule has 1 heterocycles. The maximum atomic E-state index is 13.9. The Labute approximate surface area is 111 Å². The van der Waals surface area contributed by atoms with Crippen LogP contribution in [0.4, 0.5) is 4.39 Å². The predicted molar refractivity (Wildman–Crippen MR) is 70.6 cm³/mol. The summed E-state index contributed by atoms with van der Waals surface area (Å²) in [5.41, 5.74) is 1.18. The number of methoxy groups -OCH3 is 1. The molecule has 4 heteroatoms. The lowest BCUT2D eigenvalue weighted by atomic mass is 9.91. The Hall–Kier alpha value is -1.94. The van der Waals surface area contributed by atoms with Crippen LogP contribution in [-0.4, -0.2) is 17.2 Å². The van der Waals surface area contributed by atoms with Crippen LogP contribution in [0.25, 0.3) is 0 Å². The summed E-state index contributed by atoms with van der Waals surface area (Å²) in [6.45, 7) is 1.85. The van der Waals surface area contributed by atoms with Gasteiger partial charge in [-0.25, -0.2) is 4.39 Å². The first-order chi connectivity index (χ1) is 9.13. The van der Waals surface area contributed by atoms with Crippen LogP contribution in [0.1, 0.15) is 30.1 Å². The van der Waals surface area contributed by atoms with Crippen LogP contribution in [0.2, 0.25) is 0 Å². The largest absolute Gasteiger partial charge is 0.497 e. The standard InChI is InChI=1S/C15H16FNO2/c1-10(11-5-7-17-8-6-11)15(18)13-4-3-12(19-2)9-14(13)16/h3-10,15,18H,1-2H3. The molecule has 2 aromatic rings. The Morgan fingerprint density at radius 3 is 2.47 bits per heavy atom. The van der Waals surface area contributed by atoms with Crippen molar-refractivity contribution in [1.29, 1.82) is 0 Å². The number of pyridine rings is 1. The monoisotopic (exact) mass is 261 g/mol. The first-order valence-corrected chi connectivity index (χ1v) is 6.05. The number of ether oxygens (including phenoxy) is 1. The minimum absolute atomic E-state index is 0.217. The second kappa shape index (κ2) is 5.80. The number of benzene rings is 1. The van der Waals surface area contributed by atoms with E-state index >= 15 is 0 Å². The third-order valence-electron chi connectivity index (χ3n) is 3.23. The molecule has 0 aliphatic rings. The highest BCUT2D eigenvalue weighted by Crippen LogP contribution is 2.32. The van der Waals surface area contributed by atoms with Gasteiger partial charge in [0.05, 0.1) is 13.2 Å². The van der Waals surface area contributed by atoms with Gasteiger partial charge in [-0.15, -0.1) is 0 Å². The Morgan fingerprint density at radius 2 is 1.89 bits per heavy atom. The summed E-state index contributed by atoms with van der Waals surface area (Å²) < 4.78 is 18.9. The minimum atomic E-state index is -0.909. The van der Waals surface area contributed by atoms with Gasteiger partial charge in [0.25, 0.3) is 0 Å². The second-order valence-corrected chi connectivity index (χ2v) is 4.40. The van der Waals surface area contributed by atoms with Gasteiger partial charge in [0, 0.05) is 29.9 Å². The fourth-order valence-corrected chi connectivity index (χ4v) is 1.99. The maximum absolute atomic E-state index is 13.9. The van der Waals surface area contributed by atoms with Crippen molar-refractivity contribution >= 4 is 0 Å². The van der Waals surface area contributed by atoms with Crippen LogP contribution in [-0.2, 0) is 0 Å². The minimum Gasteiger partial charge on any atom is -0.497 e. The summed E-state index contributed by atoms with van der Waals surface area (Å²) in [5.74, 6) is -0.247. The van der Waals surface area contributed by atoms with Gasteiger partial charge in [-0.05, 0) is 29.8 Å². The van der Waals surface area contributed by atoms with Gasteiger partial charge >= 0.3 is 0 Å². The number of aliphatic hydroxyl groups excluding tert-OH is 1. The number of aromatic nitrogens is 1. The van der Waals surface area contributed by atoms with Crippen molar-refractivity contribution in [3.8, 4) is 5.75 Å². The Bertz CT molecular complexity index is 545. The van der Waals surface area contributed by atoms with Crippen molar-refractivity contribution in [2.24, 2.45) is 0 Å². The Morgan fingerprint density at radius 1 is 1.21 bits per heavy atom. The summed E-state index contributed by atoms with van der Waals surface area (Å²) in [4.78, 5) is 3.93. The lowest BCUT2D eigenvalue weighted by Gasteiger charge is -2.20. The molecule has 0 amide bonds. The van der Waals surface area contributed by atoms with Crippen molar-refractivity contribution in [3.63, 3.8) is 0 Å². The molecule has 0 radical (unpaired) electrons. The van der Waals surface area contributed by atoms with Crippen LogP contribution in [0, 0.1) is 5.82 Å². The van der Waals surface area contributed by atoms with E-state index < -0.39 is 11.9 Å². The molecule has 1 N–H and O–H groups in total. The number of nitrogens with zero attached hydrogens (tertiary/aromatic N) is 1. The molecule has 2 atom stereocenters. The third kappa shape index (κ3) is 2.90. The van der Waals surface area contributed by atoms with Crippen LogP contribution >= 0.6 is 0 Å². The van der Waals surface area contributed by atoms with E-state index in [-0.39, 0.29) is 11.5 Å². The van der Waals surface area contributed by atoms with E-state index in [0.717, 1.165) is 5.56 Å². The van der Waals surface area contributed by atoms with Gasteiger partial charge in [0.15, 0.2) is 0 Å². The van der Waals surface area contributed by atoms with Gasteiger partial charge in [0.2, 0.25) is 0 Å².